The van der Waals surface area contributed by atoms with Crippen molar-refractivity contribution in [1.29, 1.82) is 0 Å². The van der Waals surface area contributed by atoms with Crippen molar-refractivity contribution in [3.8, 4) is 0 Å². The van der Waals surface area contributed by atoms with Gasteiger partial charge in [0, 0.05) is 25.4 Å². The Balaban J connectivity index is 0.00000145. The van der Waals surface area contributed by atoms with Gasteiger partial charge < -0.3 is 25.5 Å². The van der Waals surface area contributed by atoms with Crippen molar-refractivity contribution in [2.45, 2.75) is 63.8 Å². The van der Waals surface area contributed by atoms with Gasteiger partial charge >= 0.3 is 0 Å². The summed E-state index contributed by atoms with van der Waals surface area (Å²) in [7, 11) is 0. The molecule has 0 radical (unpaired) electrons. The number of carbonyl (C=O) groups is 4. The largest absolute Gasteiger partial charge is 0.378 e. The van der Waals surface area contributed by atoms with Crippen LogP contribution in [0, 0.1) is 17.8 Å². The average Bonchev–Trinajstić information content (AvgIpc) is 3.40. The Morgan fingerprint density at radius 2 is 1.76 bits per heavy atom. The Kier molecular flexibility index (Phi) is 8.61. The smallest absolute Gasteiger partial charge is 0.243 e. The third-order valence-electron chi connectivity index (χ3n) is 6.59. The van der Waals surface area contributed by atoms with Crippen LogP contribution in [0.2, 0.25) is 0 Å². The third kappa shape index (κ3) is 6.01. The van der Waals surface area contributed by atoms with E-state index in [1.165, 1.54) is 19.3 Å². The van der Waals surface area contributed by atoms with Crippen LogP contribution in [-0.4, -0.2) is 61.3 Å². The first kappa shape index (κ1) is 23.3. The van der Waals surface area contributed by atoms with Crippen LogP contribution in [0.15, 0.2) is 0 Å². The monoisotopic (exact) mass is 409 g/mol. The molecule has 1 aliphatic heterocycles. The number of ether oxygens (including phenoxy) is 1. The first-order chi connectivity index (χ1) is 13.9. The molecule has 3 amide bonds. The molecule has 1 heterocycles. The summed E-state index contributed by atoms with van der Waals surface area (Å²) in [5, 5.41) is 2.91. The van der Waals surface area contributed by atoms with Gasteiger partial charge in [0.15, 0.2) is 0 Å². The van der Waals surface area contributed by atoms with E-state index in [1.54, 1.807) is 4.90 Å². The van der Waals surface area contributed by atoms with E-state index in [2.05, 4.69) is 5.32 Å². The first-order valence-electron chi connectivity index (χ1n) is 10.7. The molecule has 0 aromatic carbocycles. The van der Waals surface area contributed by atoms with Crippen LogP contribution < -0.4 is 11.1 Å². The lowest BCUT2D eigenvalue weighted by Gasteiger charge is -2.30. The highest BCUT2D eigenvalue weighted by atomic mass is 16.5. The molecule has 2 saturated carbocycles. The number of hydrogen-bond acceptors (Lipinski definition) is 5. The molecule has 3 aliphatic rings. The summed E-state index contributed by atoms with van der Waals surface area (Å²) in [6, 6.07) is 0. The summed E-state index contributed by atoms with van der Waals surface area (Å²) in [6.07, 6.45) is 7.37. The number of nitrogens with two attached hydrogens (primary N) is 1. The molecule has 0 unspecified atom stereocenters. The van der Waals surface area contributed by atoms with Gasteiger partial charge in [-0.2, -0.15) is 0 Å². The fraction of sp³-hybridized carbons (Fsp3) is 0.810. The average molecular weight is 410 g/mol. The number of morpholine rings is 1. The summed E-state index contributed by atoms with van der Waals surface area (Å²) < 4.78 is 5.31. The lowest BCUT2D eigenvalue weighted by atomic mass is 9.81. The SMILES string of the molecule is C=O.C[C@@H]1C[C@@]1(NC(=O)[C@@H](CC(=O)N1CCOCC1)CC1CCCCC1)C(N)=O. The maximum atomic E-state index is 13.0. The van der Waals surface area contributed by atoms with Crippen LogP contribution in [0.25, 0.3) is 0 Å². The van der Waals surface area contributed by atoms with E-state index in [4.69, 9.17) is 15.3 Å². The fourth-order valence-electron chi connectivity index (χ4n) is 4.59. The molecule has 3 atom stereocenters. The van der Waals surface area contributed by atoms with Gasteiger partial charge in [0.05, 0.1) is 13.2 Å². The third-order valence-corrected chi connectivity index (χ3v) is 6.59. The van der Waals surface area contributed by atoms with Crippen molar-refractivity contribution in [3.63, 3.8) is 0 Å². The lowest BCUT2D eigenvalue weighted by Crippen LogP contribution is -2.51. The summed E-state index contributed by atoms with van der Waals surface area (Å²) in [6.45, 7) is 6.18. The molecule has 3 N–H and O–H groups in total. The van der Waals surface area contributed by atoms with Gasteiger partial charge in [0.1, 0.15) is 12.3 Å². The van der Waals surface area contributed by atoms with Gasteiger partial charge in [-0.05, 0) is 24.7 Å². The minimum Gasteiger partial charge on any atom is -0.378 e. The van der Waals surface area contributed by atoms with E-state index >= 15 is 0 Å². The maximum Gasteiger partial charge on any atom is 0.243 e. The number of carbonyl (C=O) groups excluding carboxylic acids is 4. The summed E-state index contributed by atoms with van der Waals surface area (Å²) in [5.41, 5.74) is 4.62. The van der Waals surface area contributed by atoms with E-state index in [-0.39, 0.29) is 24.2 Å². The number of hydrogen-bond donors (Lipinski definition) is 2. The predicted octanol–water partition coefficient (Wildman–Crippen LogP) is 1.02. The van der Waals surface area contributed by atoms with Gasteiger partial charge in [-0.3, -0.25) is 14.4 Å². The number of amides is 3. The molecule has 0 aromatic heterocycles. The number of nitrogens with zero attached hydrogens (tertiary/aromatic N) is 1. The van der Waals surface area contributed by atoms with Crippen LogP contribution in [0.3, 0.4) is 0 Å². The van der Waals surface area contributed by atoms with Crippen molar-refractivity contribution in [2.24, 2.45) is 23.5 Å². The second-order valence-electron chi connectivity index (χ2n) is 8.56. The summed E-state index contributed by atoms with van der Waals surface area (Å²) in [4.78, 5) is 47.4. The van der Waals surface area contributed by atoms with Gasteiger partial charge in [0.2, 0.25) is 17.7 Å². The highest BCUT2D eigenvalue weighted by Gasteiger charge is 2.58. The van der Waals surface area contributed by atoms with Crippen LogP contribution in [0.4, 0.5) is 0 Å². The van der Waals surface area contributed by atoms with Crippen molar-refractivity contribution >= 4 is 24.5 Å². The van der Waals surface area contributed by atoms with Crippen LogP contribution in [-0.2, 0) is 23.9 Å². The molecule has 29 heavy (non-hydrogen) atoms. The maximum absolute atomic E-state index is 13.0. The number of rotatable bonds is 7. The Morgan fingerprint density at radius 1 is 1.17 bits per heavy atom. The normalized spacial score (nSPS) is 27.9. The van der Waals surface area contributed by atoms with E-state index in [0.29, 0.717) is 45.1 Å². The minimum absolute atomic E-state index is 0.00577. The second kappa shape index (κ2) is 10.7. The number of primary amides is 1. The molecule has 1 saturated heterocycles. The Morgan fingerprint density at radius 3 is 2.28 bits per heavy atom. The number of nitrogens with one attached hydrogen (secondary N) is 1. The zero-order chi connectivity index (χ0) is 21.4. The Labute approximate surface area is 172 Å². The van der Waals surface area contributed by atoms with Crippen molar-refractivity contribution in [1.82, 2.24) is 10.2 Å². The van der Waals surface area contributed by atoms with Gasteiger partial charge in [-0.25, -0.2) is 0 Å². The van der Waals surface area contributed by atoms with E-state index in [1.807, 2.05) is 13.7 Å². The molecule has 0 bridgehead atoms. The summed E-state index contributed by atoms with van der Waals surface area (Å²) in [5.74, 6) is -0.513. The van der Waals surface area contributed by atoms with E-state index in [9.17, 15) is 14.4 Å². The van der Waals surface area contributed by atoms with Crippen LogP contribution >= 0.6 is 0 Å². The molecule has 164 valence electrons. The molecule has 0 spiro atoms. The predicted molar refractivity (Wildman–Crippen MR) is 108 cm³/mol. The quantitative estimate of drug-likeness (QED) is 0.651. The molecule has 8 heteroatoms. The Bertz CT molecular complexity index is 587. The molecule has 2 aliphatic carbocycles. The van der Waals surface area contributed by atoms with Gasteiger partial charge in [-0.1, -0.05) is 39.0 Å². The van der Waals surface area contributed by atoms with Crippen LogP contribution in [0.1, 0.15) is 58.3 Å². The first-order valence-corrected chi connectivity index (χ1v) is 10.7. The standard InChI is InChI=1S/C20H33N3O4.CH2O/c1-14-13-20(14,19(21)26)22-18(25)16(11-15-5-3-2-4-6-15)12-17(24)23-7-9-27-10-8-23;1-2/h14-16H,2-13H2,1H3,(H2,21,26)(H,22,25);1H2/t14-,16-,20+;/m1./s1. The minimum atomic E-state index is -0.913. The fourth-order valence-corrected chi connectivity index (χ4v) is 4.59. The van der Waals surface area contributed by atoms with E-state index in [0.717, 1.165) is 12.8 Å². The Hall–Kier alpha value is -1.96. The zero-order valence-corrected chi connectivity index (χ0v) is 17.5. The van der Waals surface area contributed by atoms with Crippen molar-refractivity contribution in [2.75, 3.05) is 26.3 Å². The second-order valence-corrected chi connectivity index (χ2v) is 8.56. The highest BCUT2D eigenvalue weighted by Crippen LogP contribution is 2.43. The lowest BCUT2D eigenvalue weighted by molar-refractivity contribution is -0.140. The molecular weight excluding hydrogens is 374 g/mol. The van der Waals surface area contributed by atoms with Gasteiger partial charge in [-0.15, -0.1) is 0 Å². The topological polar surface area (TPSA) is 119 Å². The summed E-state index contributed by atoms with van der Waals surface area (Å²) >= 11 is 0. The van der Waals surface area contributed by atoms with Crippen molar-refractivity contribution in [3.05, 3.63) is 0 Å². The zero-order valence-electron chi connectivity index (χ0n) is 17.5. The van der Waals surface area contributed by atoms with E-state index < -0.39 is 17.4 Å². The molecular formula is C21H35N3O5. The molecule has 0 aromatic rings. The molecule has 3 rings (SSSR count). The highest BCUT2D eigenvalue weighted by molar-refractivity contribution is 5.95. The van der Waals surface area contributed by atoms with Gasteiger partial charge in [0.25, 0.3) is 0 Å². The molecule has 3 fully saturated rings. The van der Waals surface area contributed by atoms with Crippen molar-refractivity contribution < 1.29 is 23.9 Å². The molecule has 8 nitrogen and oxygen atoms in total. The van der Waals surface area contributed by atoms with Crippen LogP contribution in [0.5, 0.6) is 0 Å².